The minimum Gasteiger partial charge on any atom is -0.396 e. The summed E-state index contributed by atoms with van der Waals surface area (Å²) in [6, 6.07) is 8.17. The molecule has 0 heterocycles. The van der Waals surface area contributed by atoms with E-state index in [1.807, 2.05) is 12.1 Å². The molecule has 0 aliphatic rings. The molecule has 0 fully saturated rings. The van der Waals surface area contributed by atoms with Crippen LogP contribution in [0.4, 0.5) is 0 Å². The molecule has 0 spiro atoms. The van der Waals surface area contributed by atoms with Gasteiger partial charge < -0.3 is 5.11 Å². The predicted molar refractivity (Wildman–Crippen MR) is 82.4 cm³/mol. The molecule has 0 aliphatic heterocycles. The lowest BCUT2D eigenvalue weighted by Crippen LogP contribution is -1.91. The van der Waals surface area contributed by atoms with E-state index in [-0.39, 0.29) is 6.61 Å². The Morgan fingerprint density at radius 2 is 1.93 bits per heavy atom. The predicted octanol–water partition coefficient (Wildman–Crippen LogP) is 4.75. The van der Waals surface area contributed by atoms with Crippen LogP contribution in [0.2, 0.25) is 0 Å². The van der Waals surface area contributed by atoms with Crippen molar-refractivity contribution in [3.63, 3.8) is 0 Å². The molecule has 0 saturated heterocycles. The van der Waals surface area contributed by atoms with Crippen LogP contribution in [0.1, 0.15) is 5.56 Å². The highest BCUT2D eigenvalue weighted by Crippen LogP contribution is 2.52. The van der Waals surface area contributed by atoms with E-state index in [1.165, 1.54) is 20.3 Å². The minimum atomic E-state index is 0.205. The summed E-state index contributed by atoms with van der Waals surface area (Å²) in [7, 11) is 8.23. The van der Waals surface area contributed by atoms with Crippen molar-refractivity contribution in [2.45, 2.75) is 11.3 Å². The molecule has 0 amide bonds. The second-order valence-corrected chi connectivity index (χ2v) is 10.8. The molecule has 0 atom stereocenters. The van der Waals surface area contributed by atoms with Gasteiger partial charge in [-0.25, -0.2) is 0 Å². The monoisotopic (exact) mass is 314 g/mol. The number of hydrogen-bond donors (Lipinski definition) is 2. The van der Waals surface area contributed by atoms with Gasteiger partial charge in [-0.05, 0) is 68.1 Å². The Labute approximate surface area is 114 Å². The first-order valence-corrected chi connectivity index (χ1v) is 11.3. The number of hydrogen-bond acceptors (Lipinski definition) is 7. The minimum absolute atomic E-state index is 0.205. The number of rotatable bonds is 7. The third kappa shape index (κ3) is 5.95. The largest absolute Gasteiger partial charge is 0.396 e. The molecule has 1 N–H and O–H groups in total. The van der Waals surface area contributed by atoms with Crippen molar-refractivity contribution in [3.05, 3.63) is 29.8 Å². The van der Waals surface area contributed by atoms with Gasteiger partial charge in [0.2, 0.25) is 0 Å². The fourth-order valence-corrected chi connectivity index (χ4v) is 9.70. The zero-order valence-corrected chi connectivity index (χ0v) is 12.6. The molecule has 1 aromatic carbocycles. The lowest BCUT2D eigenvalue weighted by atomic mass is 10.2. The standard InChI is InChI=1S/C8H10OS6/c9-6-5-7-3-1-2-4-8(7)11-13-15-14-12-10/h1-4,9-10H,5-6H2. The molecule has 1 rings (SSSR count). The average Bonchev–Trinajstić information content (AvgIpc) is 2.27. The summed E-state index contributed by atoms with van der Waals surface area (Å²) < 4.78 is 0. The van der Waals surface area contributed by atoms with Gasteiger partial charge in [0.25, 0.3) is 0 Å². The van der Waals surface area contributed by atoms with Crippen LogP contribution < -0.4 is 0 Å². The molecule has 0 bridgehead atoms. The number of benzene rings is 1. The molecule has 1 aromatic rings. The topological polar surface area (TPSA) is 20.2 Å². The lowest BCUT2D eigenvalue weighted by Gasteiger charge is -2.05. The number of aliphatic hydroxyl groups excluding tert-OH is 1. The van der Waals surface area contributed by atoms with Gasteiger partial charge in [-0.2, -0.15) is 0 Å². The Bertz CT molecular complexity index is 282. The first-order chi connectivity index (χ1) is 7.38. The number of thiol groups is 1. The highest BCUT2D eigenvalue weighted by Gasteiger charge is 2.02. The lowest BCUT2D eigenvalue weighted by molar-refractivity contribution is 0.299. The van der Waals surface area contributed by atoms with Crippen LogP contribution in [-0.2, 0) is 6.42 Å². The highest BCUT2D eigenvalue weighted by molar-refractivity contribution is 9.41. The maximum Gasteiger partial charge on any atom is 0.0471 e. The van der Waals surface area contributed by atoms with Gasteiger partial charge >= 0.3 is 0 Å². The van der Waals surface area contributed by atoms with E-state index in [2.05, 4.69) is 23.8 Å². The van der Waals surface area contributed by atoms with Crippen LogP contribution in [0.25, 0.3) is 0 Å². The maximum absolute atomic E-state index is 8.91. The quantitative estimate of drug-likeness (QED) is 0.427. The summed E-state index contributed by atoms with van der Waals surface area (Å²) in [6.45, 7) is 0.205. The van der Waals surface area contributed by atoms with E-state index in [1.54, 1.807) is 40.3 Å². The summed E-state index contributed by atoms with van der Waals surface area (Å²) in [5.41, 5.74) is 1.21. The molecule has 15 heavy (non-hydrogen) atoms. The summed E-state index contributed by atoms with van der Waals surface area (Å²) in [4.78, 5) is 1.23. The van der Waals surface area contributed by atoms with E-state index in [9.17, 15) is 0 Å². The molecular formula is C8H10OS6. The van der Waals surface area contributed by atoms with Crippen LogP contribution in [0, 0.1) is 0 Å². The van der Waals surface area contributed by atoms with E-state index in [0.29, 0.717) is 0 Å². The summed E-state index contributed by atoms with van der Waals surface area (Å²) in [6.07, 6.45) is 0.725. The van der Waals surface area contributed by atoms with E-state index in [4.69, 9.17) is 5.11 Å². The molecule has 0 aliphatic carbocycles. The Morgan fingerprint density at radius 1 is 1.13 bits per heavy atom. The van der Waals surface area contributed by atoms with Gasteiger partial charge in [-0.15, -0.1) is 0 Å². The smallest absolute Gasteiger partial charge is 0.0471 e. The van der Waals surface area contributed by atoms with Gasteiger partial charge in [-0.1, -0.05) is 29.9 Å². The molecule has 0 unspecified atom stereocenters. The molecule has 84 valence electrons. The van der Waals surface area contributed by atoms with Crippen molar-refractivity contribution in [1.82, 2.24) is 0 Å². The fraction of sp³-hybridized carbons (Fsp3) is 0.250. The highest BCUT2D eigenvalue weighted by atomic mass is 33.9. The number of aliphatic hydroxyl groups is 1. The third-order valence-corrected chi connectivity index (χ3v) is 10.4. The van der Waals surface area contributed by atoms with Crippen molar-refractivity contribution in [3.8, 4) is 0 Å². The van der Waals surface area contributed by atoms with E-state index in [0.717, 1.165) is 6.42 Å². The van der Waals surface area contributed by atoms with E-state index >= 15 is 0 Å². The normalized spacial score (nSPS) is 10.5. The zero-order chi connectivity index (χ0) is 10.9. The van der Waals surface area contributed by atoms with Crippen molar-refractivity contribution in [2.24, 2.45) is 0 Å². The van der Waals surface area contributed by atoms with Crippen LogP contribution in [-0.4, -0.2) is 11.7 Å². The van der Waals surface area contributed by atoms with Gasteiger partial charge in [0, 0.05) is 11.5 Å². The first kappa shape index (κ1) is 14.3. The zero-order valence-electron chi connectivity index (χ0n) is 7.66. The van der Waals surface area contributed by atoms with Crippen LogP contribution in [0.3, 0.4) is 0 Å². The first-order valence-electron chi connectivity index (χ1n) is 4.05. The average molecular weight is 315 g/mol. The van der Waals surface area contributed by atoms with Crippen LogP contribution in [0.5, 0.6) is 0 Å². The van der Waals surface area contributed by atoms with Gasteiger partial charge in [0.1, 0.15) is 0 Å². The Hall–Kier alpha value is 1.28. The van der Waals surface area contributed by atoms with E-state index < -0.39 is 0 Å². The molecule has 0 radical (unpaired) electrons. The summed E-state index contributed by atoms with van der Waals surface area (Å²) in [5, 5.41) is 8.91. The summed E-state index contributed by atoms with van der Waals surface area (Å²) >= 11 is 4.04. The third-order valence-electron chi connectivity index (χ3n) is 1.56. The Morgan fingerprint density at radius 3 is 2.67 bits per heavy atom. The molecule has 0 saturated carbocycles. The molecule has 0 aromatic heterocycles. The molecular weight excluding hydrogens is 304 g/mol. The van der Waals surface area contributed by atoms with Crippen LogP contribution >= 0.6 is 61.8 Å². The van der Waals surface area contributed by atoms with Crippen molar-refractivity contribution >= 4 is 61.8 Å². The summed E-state index contributed by atoms with van der Waals surface area (Å²) in [5.74, 6) is 0. The van der Waals surface area contributed by atoms with Crippen molar-refractivity contribution in [1.29, 1.82) is 0 Å². The SMILES string of the molecule is OCCc1ccccc1SSSSSS. The second kappa shape index (κ2) is 9.32. The molecule has 1 nitrogen and oxygen atoms in total. The van der Waals surface area contributed by atoms with Crippen LogP contribution in [0.15, 0.2) is 29.2 Å². The Balaban J connectivity index is 2.44. The van der Waals surface area contributed by atoms with Crippen molar-refractivity contribution in [2.75, 3.05) is 6.61 Å². The van der Waals surface area contributed by atoms with Gasteiger partial charge in [0.05, 0.1) is 0 Å². The molecule has 7 heteroatoms. The second-order valence-electron chi connectivity index (χ2n) is 2.44. The van der Waals surface area contributed by atoms with Gasteiger partial charge in [-0.3, -0.25) is 0 Å². The van der Waals surface area contributed by atoms with Gasteiger partial charge in [0.15, 0.2) is 0 Å². The van der Waals surface area contributed by atoms with Crippen molar-refractivity contribution < 1.29 is 5.11 Å². The Kier molecular flexibility index (Phi) is 8.92. The fourth-order valence-electron chi connectivity index (χ4n) is 0.986. The maximum atomic E-state index is 8.91.